The number of carbonyl (C=O) groups excluding carboxylic acids is 1. The molecule has 0 atom stereocenters. The summed E-state index contributed by atoms with van der Waals surface area (Å²) in [4.78, 5) is 16.3. The minimum absolute atomic E-state index is 0.217. The van der Waals surface area contributed by atoms with E-state index in [0.717, 1.165) is 11.3 Å². The van der Waals surface area contributed by atoms with Crippen molar-refractivity contribution in [2.75, 3.05) is 5.32 Å². The van der Waals surface area contributed by atoms with Crippen LogP contribution in [0.1, 0.15) is 28.0 Å². The van der Waals surface area contributed by atoms with Gasteiger partial charge in [-0.3, -0.25) is 4.79 Å². The monoisotopic (exact) mass is 335 g/mol. The quantitative estimate of drug-likeness (QED) is 0.742. The molecular formula is C17H17N7O. The van der Waals surface area contributed by atoms with Crippen molar-refractivity contribution >= 4 is 11.7 Å². The van der Waals surface area contributed by atoms with Gasteiger partial charge in [0.05, 0.1) is 31.3 Å². The molecule has 0 aliphatic carbocycles. The van der Waals surface area contributed by atoms with Gasteiger partial charge in [-0.15, -0.1) is 0 Å². The number of nitrogens with zero attached hydrogens (tertiary/aromatic N) is 6. The molecule has 2 heterocycles. The first kappa shape index (κ1) is 16.4. The van der Waals surface area contributed by atoms with Crippen LogP contribution in [0.25, 0.3) is 0 Å². The average Bonchev–Trinajstić information content (AvgIpc) is 3.23. The highest BCUT2D eigenvalue weighted by molar-refractivity contribution is 6.03. The van der Waals surface area contributed by atoms with E-state index in [-0.39, 0.29) is 5.91 Å². The number of rotatable bonds is 6. The van der Waals surface area contributed by atoms with Crippen molar-refractivity contribution in [3.05, 3.63) is 59.8 Å². The van der Waals surface area contributed by atoms with Gasteiger partial charge in [-0.1, -0.05) is 12.1 Å². The van der Waals surface area contributed by atoms with Gasteiger partial charge in [-0.05, 0) is 24.6 Å². The van der Waals surface area contributed by atoms with E-state index in [2.05, 4.69) is 26.6 Å². The third-order valence-corrected chi connectivity index (χ3v) is 3.61. The van der Waals surface area contributed by atoms with Crippen LogP contribution in [0.2, 0.25) is 0 Å². The molecule has 0 spiro atoms. The zero-order valence-corrected chi connectivity index (χ0v) is 13.8. The minimum Gasteiger partial charge on any atom is -0.307 e. The summed E-state index contributed by atoms with van der Waals surface area (Å²) in [5.41, 5.74) is 2.36. The van der Waals surface area contributed by atoms with Crippen molar-refractivity contribution < 1.29 is 4.79 Å². The Hall–Kier alpha value is -3.47. The molecule has 0 aliphatic heterocycles. The number of amides is 1. The molecule has 1 amide bonds. The Bertz CT molecular complexity index is 888. The van der Waals surface area contributed by atoms with E-state index in [4.69, 9.17) is 5.26 Å². The summed E-state index contributed by atoms with van der Waals surface area (Å²) in [6, 6.07) is 11.2. The second kappa shape index (κ2) is 7.40. The zero-order valence-electron chi connectivity index (χ0n) is 13.8. The number of aryl methyl sites for hydroxylation is 2. The molecule has 1 aromatic carbocycles. The number of nitriles is 1. The van der Waals surface area contributed by atoms with Crippen molar-refractivity contribution in [2.24, 2.45) is 0 Å². The first-order valence-corrected chi connectivity index (χ1v) is 7.80. The molecule has 0 radical (unpaired) electrons. The van der Waals surface area contributed by atoms with Gasteiger partial charge in [-0.2, -0.15) is 15.5 Å². The summed E-state index contributed by atoms with van der Waals surface area (Å²) in [6.45, 7) is 2.89. The number of aromatic nitrogens is 5. The highest BCUT2D eigenvalue weighted by atomic mass is 16.1. The molecule has 8 nitrogen and oxygen atoms in total. The van der Waals surface area contributed by atoms with Gasteiger partial charge in [0.2, 0.25) is 0 Å². The summed E-state index contributed by atoms with van der Waals surface area (Å²) in [7, 11) is 0. The van der Waals surface area contributed by atoms with Gasteiger partial charge in [0, 0.05) is 11.6 Å². The fourth-order valence-electron chi connectivity index (χ4n) is 2.42. The molecule has 0 aliphatic rings. The highest BCUT2D eigenvalue weighted by Gasteiger charge is 2.11. The second-order valence-electron chi connectivity index (χ2n) is 5.55. The normalized spacial score (nSPS) is 10.4. The van der Waals surface area contributed by atoms with Crippen molar-refractivity contribution in [2.45, 2.75) is 26.4 Å². The molecule has 126 valence electrons. The van der Waals surface area contributed by atoms with Crippen molar-refractivity contribution in [1.82, 2.24) is 24.5 Å². The molecule has 0 saturated heterocycles. The van der Waals surface area contributed by atoms with Crippen LogP contribution in [-0.4, -0.2) is 30.5 Å². The lowest BCUT2D eigenvalue weighted by Gasteiger charge is -2.08. The zero-order chi connectivity index (χ0) is 17.6. The van der Waals surface area contributed by atoms with Crippen LogP contribution in [0.4, 0.5) is 5.82 Å². The van der Waals surface area contributed by atoms with E-state index in [1.807, 2.05) is 19.1 Å². The first-order valence-electron chi connectivity index (χ1n) is 7.80. The minimum atomic E-state index is -0.217. The van der Waals surface area contributed by atoms with Crippen molar-refractivity contribution in [3.63, 3.8) is 0 Å². The Morgan fingerprint density at radius 3 is 2.80 bits per heavy atom. The van der Waals surface area contributed by atoms with E-state index in [1.54, 1.807) is 33.9 Å². The van der Waals surface area contributed by atoms with Gasteiger partial charge in [-0.25, -0.2) is 14.3 Å². The molecule has 0 saturated carbocycles. The Labute approximate surface area is 144 Å². The van der Waals surface area contributed by atoms with Crippen LogP contribution < -0.4 is 5.32 Å². The van der Waals surface area contributed by atoms with Crippen molar-refractivity contribution in [1.29, 1.82) is 5.26 Å². The molecule has 0 fully saturated rings. The van der Waals surface area contributed by atoms with E-state index in [0.29, 0.717) is 30.9 Å². The van der Waals surface area contributed by atoms with Crippen LogP contribution >= 0.6 is 0 Å². The lowest BCUT2D eigenvalue weighted by molar-refractivity contribution is 0.102. The van der Waals surface area contributed by atoms with E-state index < -0.39 is 0 Å². The first-order chi connectivity index (χ1) is 12.2. The highest BCUT2D eigenvalue weighted by Crippen LogP contribution is 2.13. The predicted octanol–water partition coefficient (Wildman–Crippen LogP) is 2.00. The largest absolute Gasteiger partial charge is 0.307 e. The van der Waals surface area contributed by atoms with Gasteiger partial charge in [0.25, 0.3) is 5.91 Å². The lowest BCUT2D eigenvalue weighted by Crippen LogP contribution is -2.16. The smallest absolute Gasteiger partial charge is 0.256 e. The van der Waals surface area contributed by atoms with Gasteiger partial charge in [0.1, 0.15) is 18.5 Å². The summed E-state index contributed by atoms with van der Waals surface area (Å²) >= 11 is 0. The summed E-state index contributed by atoms with van der Waals surface area (Å²) < 4.78 is 3.35. The van der Waals surface area contributed by atoms with Crippen LogP contribution in [0, 0.1) is 18.3 Å². The molecule has 3 aromatic rings. The maximum Gasteiger partial charge on any atom is 0.256 e. The lowest BCUT2D eigenvalue weighted by atomic mass is 10.1. The molecule has 25 heavy (non-hydrogen) atoms. The maximum atomic E-state index is 12.4. The number of hydrogen-bond donors (Lipinski definition) is 1. The topological polar surface area (TPSA) is 101 Å². The number of anilines is 1. The third-order valence-electron chi connectivity index (χ3n) is 3.61. The Morgan fingerprint density at radius 1 is 1.32 bits per heavy atom. The fraction of sp³-hybridized carbons (Fsp3) is 0.235. The number of carbonyl (C=O) groups is 1. The Kier molecular flexibility index (Phi) is 4.85. The van der Waals surface area contributed by atoms with Gasteiger partial charge >= 0.3 is 0 Å². The Morgan fingerprint density at radius 2 is 2.12 bits per heavy atom. The standard InChI is InChI=1S/C17H17N7O/c1-13-9-16(24(22-13)8-2-7-18)21-17(25)15-5-3-14(4-6-15)10-23-12-19-11-20-23/h3-6,9,11-12H,2,8,10H2,1H3,(H,21,25). The average molecular weight is 335 g/mol. The predicted molar refractivity (Wildman–Crippen MR) is 90.7 cm³/mol. The van der Waals surface area contributed by atoms with Crippen LogP contribution in [-0.2, 0) is 13.1 Å². The summed E-state index contributed by atoms with van der Waals surface area (Å²) in [5.74, 6) is 0.370. The molecule has 1 N–H and O–H groups in total. The second-order valence-corrected chi connectivity index (χ2v) is 5.55. The summed E-state index contributed by atoms with van der Waals surface area (Å²) in [5, 5.41) is 19.9. The molecular weight excluding hydrogens is 318 g/mol. The van der Waals surface area contributed by atoms with Gasteiger partial charge in [0.15, 0.2) is 0 Å². The van der Waals surface area contributed by atoms with Gasteiger partial charge < -0.3 is 5.32 Å². The fourth-order valence-corrected chi connectivity index (χ4v) is 2.42. The van der Waals surface area contributed by atoms with E-state index >= 15 is 0 Å². The molecule has 2 aromatic heterocycles. The molecule has 3 rings (SSSR count). The summed E-state index contributed by atoms with van der Waals surface area (Å²) in [6.07, 6.45) is 3.46. The van der Waals surface area contributed by atoms with Crippen LogP contribution in [0.3, 0.4) is 0 Å². The third kappa shape index (κ3) is 4.09. The molecule has 8 heteroatoms. The van der Waals surface area contributed by atoms with Crippen molar-refractivity contribution in [3.8, 4) is 6.07 Å². The Balaban J connectivity index is 1.68. The number of hydrogen-bond acceptors (Lipinski definition) is 5. The maximum absolute atomic E-state index is 12.4. The number of benzene rings is 1. The molecule has 0 unspecified atom stereocenters. The SMILES string of the molecule is Cc1cc(NC(=O)c2ccc(Cn3cncn3)cc2)n(CCC#N)n1. The van der Waals surface area contributed by atoms with E-state index in [9.17, 15) is 4.79 Å². The molecule has 0 bridgehead atoms. The number of nitrogens with one attached hydrogen (secondary N) is 1. The van der Waals surface area contributed by atoms with Crippen LogP contribution in [0.5, 0.6) is 0 Å². The van der Waals surface area contributed by atoms with Crippen LogP contribution in [0.15, 0.2) is 43.0 Å². The van der Waals surface area contributed by atoms with E-state index in [1.165, 1.54) is 6.33 Å².